The van der Waals surface area contributed by atoms with Crippen LogP contribution in [0.3, 0.4) is 0 Å². The number of thioether (sulfide) groups is 1. The van der Waals surface area contributed by atoms with Crippen LogP contribution in [0.4, 0.5) is 5.13 Å². The van der Waals surface area contributed by atoms with Crippen molar-refractivity contribution >= 4 is 51.4 Å². The monoisotopic (exact) mass is 445 g/mol. The Hall–Kier alpha value is -2.16. The number of aryl methyl sites for hydroxylation is 3. The molecule has 2 amide bonds. The quantitative estimate of drug-likeness (QED) is 0.493. The van der Waals surface area contributed by atoms with Gasteiger partial charge in [0.25, 0.3) is 0 Å². The van der Waals surface area contributed by atoms with Gasteiger partial charge in [0.05, 0.1) is 22.9 Å². The Labute approximate surface area is 183 Å². The van der Waals surface area contributed by atoms with E-state index in [-0.39, 0.29) is 11.8 Å². The van der Waals surface area contributed by atoms with E-state index in [0.29, 0.717) is 17.4 Å². The maximum atomic E-state index is 12.4. The summed E-state index contributed by atoms with van der Waals surface area (Å²) in [4.78, 5) is 32.4. The lowest BCUT2D eigenvalue weighted by molar-refractivity contribution is -0.119. The first-order valence-electron chi connectivity index (χ1n) is 9.12. The molecule has 0 radical (unpaired) electrons. The van der Waals surface area contributed by atoms with Gasteiger partial charge < -0.3 is 10.6 Å². The average molecular weight is 446 g/mol. The highest BCUT2D eigenvalue weighted by atomic mass is 32.2. The molecule has 29 heavy (non-hydrogen) atoms. The van der Waals surface area contributed by atoms with Crippen LogP contribution in [0, 0.1) is 20.8 Å². The second-order valence-electron chi connectivity index (χ2n) is 6.71. The van der Waals surface area contributed by atoms with Crippen molar-refractivity contribution in [1.29, 1.82) is 0 Å². The van der Waals surface area contributed by atoms with Gasteiger partial charge in [0, 0.05) is 21.6 Å². The molecule has 0 saturated carbocycles. The average Bonchev–Trinajstić information content (AvgIpc) is 3.27. The largest absolute Gasteiger partial charge is 0.351 e. The topological polar surface area (TPSA) is 71.1 Å². The van der Waals surface area contributed by atoms with Crippen molar-refractivity contribution in [3.05, 3.63) is 51.2 Å². The molecule has 8 heteroatoms. The van der Waals surface area contributed by atoms with Crippen molar-refractivity contribution in [2.24, 2.45) is 0 Å². The lowest BCUT2D eigenvalue weighted by Crippen LogP contribution is -2.17. The predicted molar refractivity (Wildman–Crippen MR) is 123 cm³/mol. The van der Waals surface area contributed by atoms with Crippen molar-refractivity contribution in [1.82, 2.24) is 10.3 Å². The molecule has 5 nitrogen and oxygen atoms in total. The van der Waals surface area contributed by atoms with Crippen LogP contribution in [0.25, 0.3) is 10.6 Å². The SMILES string of the molecule is CC(=O)NCc1ccc(-c2nc(NC(=O)CSc3cc(C)ccc3C)sc2C)s1. The van der Waals surface area contributed by atoms with Crippen molar-refractivity contribution in [2.45, 2.75) is 39.1 Å². The van der Waals surface area contributed by atoms with Gasteiger partial charge in [-0.15, -0.1) is 34.4 Å². The first-order valence-corrected chi connectivity index (χ1v) is 11.7. The van der Waals surface area contributed by atoms with Crippen LogP contribution in [0.5, 0.6) is 0 Å². The van der Waals surface area contributed by atoms with Gasteiger partial charge in [-0.1, -0.05) is 17.7 Å². The van der Waals surface area contributed by atoms with E-state index in [4.69, 9.17) is 0 Å². The summed E-state index contributed by atoms with van der Waals surface area (Å²) in [6.45, 7) is 8.13. The summed E-state index contributed by atoms with van der Waals surface area (Å²) in [5.41, 5.74) is 3.24. The van der Waals surface area contributed by atoms with E-state index in [9.17, 15) is 9.59 Å². The van der Waals surface area contributed by atoms with Gasteiger partial charge in [0.15, 0.2) is 5.13 Å². The number of hydrogen-bond donors (Lipinski definition) is 2. The van der Waals surface area contributed by atoms with Crippen molar-refractivity contribution in [2.75, 3.05) is 11.1 Å². The normalized spacial score (nSPS) is 10.8. The minimum atomic E-state index is -0.0614. The molecule has 2 N–H and O–H groups in total. The van der Waals surface area contributed by atoms with Crippen LogP contribution in [0.15, 0.2) is 35.2 Å². The summed E-state index contributed by atoms with van der Waals surface area (Å²) >= 11 is 4.61. The summed E-state index contributed by atoms with van der Waals surface area (Å²) < 4.78 is 0. The van der Waals surface area contributed by atoms with Gasteiger partial charge in [-0.3, -0.25) is 9.59 Å². The third-order valence-corrected chi connectivity index (χ3v) is 7.29. The van der Waals surface area contributed by atoms with Crippen molar-refractivity contribution in [3.63, 3.8) is 0 Å². The maximum Gasteiger partial charge on any atom is 0.236 e. The smallest absolute Gasteiger partial charge is 0.236 e. The molecule has 0 saturated heterocycles. The van der Waals surface area contributed by atoms with E-state index in [0.717, 1.165) is 25.2 Å². The number of aromatic nitrogens is 1. The zero-order chi connectivity index (χ0) is 21.0. The van der Waals surface area contributed by atoms with Crippen molar-refractivity contribution < 1.29 is 9.59 Å². The van der Waals surface area contributed by atoms with Crippen molar-refractivity contribution in [3.8, 4) is 10.6 Å². The first kappa shape index (κ1) is 21.5. The molecule has 0 aliphatic heterocycles. The fraction of sp³-hybridized carbons (Fsp3) is 0.286. The third kappa shape index (κ3) is 5.91. The van der Waals surface area contributed by atoms with Crippen LogP contribution < -0.4 is 10.6 Å². The molecule has 0 aliphatic carbocycles. The Bertz CT molecular complexity index is 1040. The number of carbonyl (C=O) groups is 2. The molecule has 2 heterocycles. The molecule has 3 aromatic rings. The third-order valence-electron chi connectivity index (χ3n) is 4.15. The molecule has 0 fully saturated rings. The van der Waals surface area contributed by atoms with E-state index in [1.165, 1.54) is 41.1 Å². The van der Waals surface area contributed by atoms with Gasteiger partial charge in [-0.2, -0.15) is 0 Å². The number of thiophene rings is 1. The second-order valence-corrected chi connectivity index (χ2v) is 10.1. The molecule has 3 rings (SSSR count). The number of rotatable bonds is 7. The van der Waals surface area contributed by atoms with Crippen LogP contribution in [0.1, 0.15) is 27.8 Å². The van der Waals surface area contributed by atoms with Gasteiger partial charge in [-0.25, -0.2) is 4.98 Å². The Morgan fingerprint density at radius 3 is 2.66 bits per heavy atom. The van der Waals surface area contributed by atoms with E-state index in [1.807, 2.05) is 19.1 Å². The van der Waals surface area contributed by atoms with Crippen LogP contribution >= 0.6 is 34.4 Å². The van der Waals surface area contributed by atoms with E-state index < -0.39 is 0 Å². The Kier molecular flexibility index (Phi) is 7.10. The summed E-state index contributed by atoms with van der Waals surface area (Å²) in [7, 11) is 0. The number of hydrogen-bond acceptors (Lipinski definition) is 6. The molecule has 1 aromatic carbocycles. The van der Waals surface area contributed by atoms with E-state index in [1.54, 1.807) is 11.3 Å². The zero-order valence-electron chi connectivity index (χ0n) is 16.8. The molecule has 0 unspecified atom stereocenters. The van der Waals surface area contributed by atoms with Gasteiger partial charge >= 0.3 is 0 Å². The molecular weight excluding hydrogens is 422 g/mol. The molecule has 0 bridgehead atoms. The molecule has 0 spiro atoms. The molecule has 0 aliphatic rings. The lowest BCUT2D eigenvalue weighted by Gasteiger charge is -2.06. The number of carbonyl (C=O) groups excluding carboxylic acids is 2. The molecule has 2 aromatic heterocycles. The number of thiazole rings is 1. The summed E-state index contributed by atoms with van der Waals surface area (Å²) in [6.07, 6.45) is 0. The number of benzene rings is 1. The Morgan fingerprint density at radius 1 is 1.10 bits per heavy atom. The van der Waals surface area contributed by atoms with Gasteiger partial charge in [0.1, 0.15) is 0 Å². The summed E-state index contributed by atoms with van der Waals surface area (Å²) in [5.74, 6) is 0.236. The minimum Gasteiger partial charge on any atom is -0.351 e. The predicted octanol–water partition coefficient (Wildman–Crippen LogP) is 5.16. The van der Waals surface area contributed by atoms with Gasteiger partial charge in [-0.05, 0) is 44.5 Å². The second kappa shape index (κ2) is 9.56. The highest BCUT2D eigenvalue weighted by Crippen LogP contribution is 2.35. The van der Waals surface area contributed by atoms with Gasteiger partial charge in [0.2, 0.25) is 11.8 Å². The minimum absolute atomic E-state index is 0.0477. The van der Waals surface area contributed by atoms with Crippen LogP contribution in [-0.2, 0) is 16.1 Å². The number of amides is 2. The first-order chi connectivity index (χ1) is 13.8. The lowest BCUT2D eigenvalue weighted by atomic mass is 10.2. The maximum absolute atomic E-state index is 12.4. The fourth-order valence-electron chi connectivity index (χ4n) is 2.65. The molecular formula is C21H23N3O2S3. The number of nitrogens with one attached hydrogen (secondary N) is 2. The Morgan fingerprint density at radius 2 is 1.90 bits per heavy atom. The Balaban J connectivity index is 1.62. The van der Waals surface area contributed by atoms with E-state index in [2.05, 4.69) is 47.7 Å². The molecule has 0 atom stereocenters. The molecule has 152 valence electrons. The van der Waals surface area contributed by atoms with E-state index >= 15 is 0 Å². The fourth-order valence-corrected chi connectivity index (χ4v) is 5.48. The van der Waals surface area contributed by atoms with Crippen LogP contribution in [-0.4, -0.2) is 22.6 Å². The number of anilines is 1. The highest BCUT2D eigenvalue weighted by Gasteiger charge is 2.14. The standard InChI is InChI=1S/C21H23N3O2S3/c1-12-5-6-13(2)18(9-12)27-11-19(26)23-21-24-20(14(3)28-21)17-8-7-16(29-17)10-22-15(4)25/h5-9H,10-11H2,1-4H3,(H,22,25)(H,23,24,26). The summed E-state index contributed by atoms with van der Waals surface area (Å²) in [5, 5.41) is 6.33. The highest BCUT2D eigenvalue weighted by molar-refractivity contribution is 8.00. The summed E-state index contributed by atoms with van der Waals surface area (Å²) in [6, 6.07) is 10.3. The number of nitrogens with zero attached hydrogens (tertiary/aromatic N) is 1. The van der Waals surface area contributed by atoms with Crippen LogP contribution in [0.2, 0.25) is 0 Å². The zero-order valence-corrected chi connectivity index (χ0v) is 19.2.